The number of hydrogen-bond acceptors (Lipinski definition) is 3. The fourth-order valence-corrected chi connectivity index (χ4v) is 2.06. The van der Waals surface area contributed by atoms with Crippen LogP contribution in [-0.2, 0) is 7.05 Å². The van der Waals surface area contributed by atoms with Gasteiger partial charge in [0.2, 0.25) is 0 Å². The molecule has 1 aromatic carbocycles. The average molecular weight is 328 g/mol. The minimum Gasteiger partial charge on any atom is -0.308 e. The molecule has 0 aliphatic carbocycles. The molecule has 4 nitrogen and oxygen atoms in total. The van der Waals surface area contributed by atoms with Gasteiger partial charge < -0.3 is 5.32 Å². The molecule has 1 aromatic heterocycles. The Hall–Kier alpha value is -0.950. The topological polar surface area (TPSA) is 42.7 Å². The highest BCUT2D eigenvalue weighted by atomic mass is 127. The lowest BCUT2D eigenvalue weighted by Crippen LogP contribution is -2.20. The molecule has 0 bridgehead atoms. The SMILES string of the molecule is CNC(c1ccc(I)cc1)c1cnnn1C. The molecule has 0 amide bonds. The van der Waals surface area contributed by atoms with Crippen molar-refractivity contribution in [3.8, 4) is 0 Å². The van der Waals surface area contributed by atoms with Gasteiger partial charge in [-0.1, -0.05) is 17.3 Å². The first-order valence-corrected chi connectivity index (χ1v) is 6.07. The first-order valence-electron chi connectivity index (χ1n) is 4.99. The summed E-state index contributed by atoms with van der Waals surface area (Å²) in [6, 6.07) is 8.58. The Morgan fingerprint density at radius 2 is 2.00 bits per heavy atom. The van der Waals surface area contributed by atoms with Crippen molar-refractivity contribution in [3.63, 3.8) is 0 Å². The maximum absolute atomic E-state index is 3.95. The summed E-state index contributed by atoms with van der Waals surface area (Å²) in [5, 5.41) is 11.1. The average Bonchev–Trinajstić information content (AvgIpc) is 2.69. The van der Waals surface area contributed by atoms with Crippen molar-refractivity contribution in [2.24, 2.45) is 7.05 Å². The highest BCUT2D eigenvalue weighted by Gasteiger charge is 2.15. The lowest BCUT2D eigenvalue weighted by Gasteiger charge is -2.16. The second-order valence-corrected chi connectivity index (χ2v) is 4.80. The molecule has 0 saturated carbocycles. The van der Waals surface area contributed by atoms with Crippen molar-refractivity contribution in [2.45, 2.75) is 6.04 Å². The van der Waals surface area contributed by atoms with E-state index in [1.165, 1.54) is 9.13 Å². The second kappa shape index (κ2) is 4.92. The fraction of sp³-hybridized carbons (Fsp3) is 0.273. The van der Waals surface area contributed by atoms with Crippen LogP contribution in [0.25, 0.3) is 0 Å². The summed E-state index contributed by atoms with van der Waals surface area (Å²) in [4.78, 5) is 0. The summed E-state index contributed by atoms with van der Waals surface area (Å²) in [5.41, 5.74) is 2.28. The van der Waals surface area contributed by atoms with E-state index in [0.717, 1.165) is 5.69 Å². The Morgan fingerprint density at radius 1 is 1.31 bits per heavy atom. The van der Waals surface area contributed by atoms with E-state index in [-0.39, 0.29) is 6.04 Å². The molecule has 16 heavy (non-hydrogen) atoms. The van der Waals surface area contributed by atoms with Crippen LogP contribution in [0.1, 0.15) is 17.3 Å². The molecule has 2 rings (SSSR count). The van der Waals surface area contributed by atoms with Gasteiger partial charge in [0.1, 0.15) is 0 Å². The standard InChI is InChI=1S/C11H13IN4/c1-13-11(10-7-14-15-16(10)2)8-3-5-9(12)6-4-8/h3-7,11,13H,1-2H3. The van der Waals surface area contributed by atoms with E-state index in [2.05, 4.69) is 62.5 Å². The van der Waals surface area contributed by atoms with E-state index in [0.29, 0.717) is 0 Å². The predicted molar refractivity (Wildman–Crippen MR) is 71.1 cm³/mol. The Bertz CT molecular complexity index is 463. The van der Waals surface area contributed by atoms with Crippen LogP contribution in [0.15, 0.2) is 30.5 Å². The lowest BCUT2D eigenvalue weighted by atomic mass is 10.0. The number of halogens is 1. The van der Waals surface area contributed by atoms with E-state index >= 15 is 0 Å². The van der Waals surface area contributed by atoms with Crippen LogP contribution in [-0.4, -0.2) is 22.0 Å². The van der Waals surface area contributed by atoms with Gasteiger partial charge in [-0.2, -0.15) is 0 Å². The number of aryl methyl sites for hydroxylation is 1. The van der Waals surface area contributed by atoms with Crippen LogP contribution >= 0.6 is 22.6 Å². The maximum atomic E-state index is 3.95. The summed E-state index contributed by atoms with van der Waals surface area (Å²) in [7, 11) is 3.84. The molecular weight excluding hydrogens is 315 g/mol. The summed E-state index contributed by atoms with van der Waals surface area (Å²) in [6.45, 7) is 0. The molecule has 0 radical (unpaired) electrons. The van der Waals surface area contributed by atoms with Crippen LogP contribution in [0.3, 0.4) is 0 Å². The van der Waals surface area contributed by atoms with Crippen LogP contribution in [0.5, 0.6) is 0 Å². The van der Waals surface area contributed by atoms with Crippen LogP contribution < -0.4 is 5.32 Å². The van der Waals surface area contributed by atoms with Gasteiger partial charge in [0.25, 0.3) is 0 Å². The molecule has 1 unspecified atom stereocenters. The van der Waals surface area contributed by atoms with Crippen molar-refractivity contribution in [2.75, 3.05) is 7.05 Å². The molecule has 0 aliphatic rings. The first kappa shape index (κ1) is 11.5. The summed E-state index contributed by atoms with van der Waals surface area (Å²) >= 11 is 2.30. The van der Waals surface area contributed by atoms with E-state index in [1.54, 1.807) is 10.9 Å². The van der Waals surface area contributed by atoms with Crippen molar-refractivity contribution in [3.05, 3.63) is 45.3 Å². The third kappa shape index (κ3) is 2.25. The highest BCUT2D eigenvalue weighted by molar-refractivity contribution is 14.1. The van der Waals surface area contributed by atoms with E-state index in [1.807, 2.05) is 14.1 Å². The molecule has 0 fully saturated rings. The zero-order valence-electron chi connectivity index (χ0n) is 9.18. The summed E-state index contributed by atoms with van der Waals surface area (Å²) in [5.74, 6) is 0. The molecular formula is C11H13IN4. The van der Waals surface area contributed by atoms with Crippen molar-refractivity contribution in [1.29, 1.82) is 0 Å². The van der Waals surface area contributed by atoms with Crippen LogP contribution in [0.4, 0.5) is 0 Å². The van der Waals surface area contributed by atoms with Gasteiger partial charge in [0.05, 0.1) is 17.9 Å². The Morgan fingerprint density at radius 3 is 2.50 bits per heavy atom. The quantitative estimate of drug-likeness (QED) is 0.873. The number of hydrogen-bond donors (Lipinski definition) is 1. The van der Waals surface area contributed by atoms with Gasteiger partial charge in [0.15, 0.2) is 0 Å². The lowest BCUT2D eigenvalue weighted by molar-refractivity contribution is 0.598. The van der Waals surface area contributed by atoms with Crippen molar-refractivity contribution in [1.82, 2.24) is 20.3 Å². The minimum atomic E-state index is 0.136. The minimum absolute atomic E-state index is 0.136. The number of rotatable bonds is 3. The van der Waals surface area contributed by atoms with Crippen molar-refractivity contribution >= 4 is 22.6 Å². The Kier molecular flexibility index (Phi) is 3.55. The molecule has 5 heteroatoms. The van der Waals surface area contributed by atoms with E-state index in [9.17, 15) is 0 Å². The smallest absolute Gasteiger partial charge is 0.0798 e. The molecule has 2 aromatic rings. The number of nitrogens with zero attached hydrogens (tertiary/aromatic N) is 3. The molecule has 0 spiro atoms. The Labute approximate surface area is 108 Å². The molecule has 84 valence electrons. The fourth-order valence-electron chi connectivity index (χ4n) is 1.70. The number of aromatic nitrogens is 3. The van der Waals surface area contributed by atoms with Gasteiger partial charge in [-0.3, -0.25) is 4.68 Å². The third-order valence-electron chi connectivity index (χ3n) is 2.54. The Balaban J connectivity index is 2.37. The van der Waals surface area contributed by atoms with E-state index in [4.69, 9.17) is 0 Å². The number of benzene rings is 1. The van der Waals surface area contributed by atoms with Gasteiger partial charge in [-0.15, -0.1) is 5.10 Å². The van der Waals surface area contributed by atoms with Crippen molar-refractivity contribution < 1.29 is 0 Å². The predicted octanol–water partition coefficient (Wildman–Crippen LogP) is 1.73. The van der Waals surface area contributed by atoms with Crippen LogP contribution in [0.2, 0.25) is 0 Å². The largest absolute Gasteiger partial charge is 0.308 e. The van der Waals surface area contributed by atoms with Crippen LogP contribution in [0, 0.1) is 3.57 Å². The normalized spacial score (nSPS) is 12.7. The van der Waals surface area contributed by atoms with E-state index < -0.39 is 0 Å². The monoisotopic (exact) mass is 328 g/mol. The molecule has 0 aliphatic heterocycles. The second-order valence-electron chi connectivity index (χ2n) is 3.56. The van der Waals surface area contributed by atoms with Gasteiger partial charge in [0, 0.05) is 10.6 Å². The van der Waals surface area contributed by atoms with Gasteiger partial charge in [-0.25, -0.2) is 0 Å². The summed E-state index contributed by atoms with van der Waals surface area (Å²) in [6.07, 6.45) is 1.79. The zero-order chi connectivity index (χ0) is 11.5. The summed E-state index contributed by atoms with van der Waals surface area (Å²) < 4.78 is 3.03. The molecule has 0 saturated heterocycles. The third-order valence-corrected chi connectivity index (χ3v) is 3.26. The molecule has 1 N–H and O–H groups in total. The maximum Gasteiger partial charge on any atom is 0.0798 e. The molecule has 1 heterocycles. The van der Waals surface area contributed by atoms with Gasteiger partial charge in [-0.05, 0) is 47.3 Å². The zero-order valence-corrected chi connectivity index (χ0v) is 11.3. The van der Waals surface area contributed by atoms with Gasteiger partial charge >= 0.3 is 0 Å². The first-order chi connectivity index (χ1) is 7.72. The molecule has 1 atom stereocenters. The number of nitrogens with one attached hydrogen (secondary N) is 1. The highest BCUT2D eigenvalue weighted by Crippen LogP contribution is 2.21.